The fraction of sp³-hybridized carbons (Fsp3) is 0.789. The molecule has 0 aliphatic carbocycles. The molecule has 14 atom stereocenters. The van der Waals surface area contributed by atoms with Crippen molar-refractivity contribution in [2.45, 2.75) is 243 Å². The summed E-state index contributed by atoms with van der Waals surface area (Å²) < 4.78 is 16.6. The summed E-state index contributed by atoms with van der Waals surface area (Å²) in [6.07, 6.45) is 3.52. The van der Waals surface area contributed by atoms with Crippen molar-refractivity contribution in [3.8, 4) is 0 Å². The molecule has 28 heteroatoms. The van der Waals surface area contributed by atoms with Gasteiger partial charge in [-0.2, -0.15) is 0 Å². The molecular weight excluding hydrogens is 1280 g/mol. The first-order chi connectivity index (χ1) is 45.8. The largest absolute Gasteiger partial charge is 0.462 e. The van der Waals surface area contributed by atoms with Crippen LogP contribution in [0.5, 0.6) is 0 Å². The van der Waals surface area contributed by atoms with Crippen LogP contribution in [0.1, 0.15) is 170 Å². The zero-order chi connectivity index (χ0) is 77.0. The molecule has 0 aliphatic rings. The van der Waals surface area contributed by atoms with Crippen LogP contribution >= 0.6 is 0 Å². The smallest absolute Gasteiger partial charge is 0.328 e. The number of likely N-dealkylation sites (N-methyl/N-ethyl adjacent to an activating group) is 8. The lowest BCUT2D eigenvalue weighted by molar-refractivity contribution is -0.164. The van der Waals surface area contributed by atoms with Gasteiger partial charge < -0.3 is 75.1 Å². The first-order valence-electron chi connectivity index (χ1n) is 35.0. The highest BCUT2D eigenvalue weighted by Gasteiger charge is 2.47. The maximum absolute atomic E-state index is 15.3. The second-order valence-corrected chi connectivity index (χ2v) is 28.6. The zero-order valence-corrected chi connectivity index (χ0v) is 65.2. The van der Waals surface area contributed by atoms with Crippen LogP contribution < -0.4 is 26.6 Å². The Kier molecular flexibility index (Phi) is 40.9. The van der Waals surface area contributed by atoms with E-state index in [0.29, 0.717) is 19.4 Å². The molecule has 0 radical (unpaired) electrons. The van der Waals surface area contributed by atoms with E-state index in [-0.39, 0.29) is 74.3 Å². The summed E-state index contributed by atoms with van der Waals surface area (Å²) in [5.74, 6) is -10.8. The van der Waals surface area contributed by atoms with Crippen molar-refractivity contribution in [2.75, 3.05) is 83.2 Å². The van der Waals surface area contributed by atoms with Gasteiger partial charge in [0.15, 0.2) is 0 Å². The highest BCUT2D eigenvalue weighted by atomic mass is 16.5. The van der Waals surface area contributed by atoms with Crippen molar-refractivity contribution in [2.24, 2.45) is 41.4 Å². The minimum Gasteiger partial charge on any atom is -0.462 e. The maximum Gasteiger partial charge on any atom is 0.328 e. The van der Waals surface area contributed by atoms with E-state index in [2.05, 4.69) is 26.6 Å². The number of ether oxygens (including phenoxy) is 3. The second kappa shape index (κ2) is 44.1. The van der Waals surface area contributed by atoms with Crippen molar-refractivity contribution in [1.29, 1.82) is 0 Å². The Bertz CT molecular complexity index is 2710. The molecule has 0 aliphatic heterocycles. The Morgan fingerprint density at radius 1 is 0.465 bits per heavy atom. The van der Waals surface area contributed by atoms with E-state index in [1.54, 1.807) is 75.6 Å². The van der Waals surface area contributed by atoms with E-state index in [9.17, 15) is 47.9 Å². The molecule has 0 unspecified atom stereocenters. The molecule has 0 aromatic heterocycles. The van der Waals surface area contributed by atoms with Crippen LogP contribution in [0, 0.1) is 41.4 Å². The molecular formula is C71H128N12O16. The summed E-state index contributed by atoms with van der Waals surface area (Å²) >= 11 is 0. The third-order valence-electron chi connectivity index (χ3n) is 18.1. The predicted molar refractivity (Wildman–Crippen MR) is 379 cm³/mol. The van der Waals surface area contributed by atoms with Crippen LogP contribution in [0.15, 0.2) is 12.2 Å². The number of hydrogen-bond donors (Lipinski definition) is 5. The quantitative estimate of drug-likeness (QED) is 0.0430. The fourth-order valence-corrected chi connectivity index (χ4v) is 11.7. The molecule has 0 rings (SSSR count). The van der Waals surface area contributed by atoms with Crippen molar-refractivity contribution >= 4 is 76.9 Å². The SMILES string of the molecule is C/C=C/C[C@@H](C)[C@@H](OC(C)=O)[C@@H](C(=O)N[C@@H](CC)C(=O)OCCN(C)C(C)=O)N(C)C(=O)[C@H](C(C)C)N(C)C(=O)[C@H](CC(C)C)N(C)C(=O)[C@H](CC(C)C)N(C)C(=O)[C@@H](C)NC(=O)[C@H](C)NC(=O)[C@H](CC(C)C)N(C)C(=O)[C@@H](NC(=O)[C@H]([C@H](C)CCOC)N(C)C(=O)[C@@H](C)NC)C(C)C. The Hall–Kier alpha value is -7.23. The van der Waals surface area contributed by atoms with E-state index in [4.69, 9.17) is 14.2 Å². The summed E-state index contributed by atoms with van der Waals surface area (Å²) in [5, 5.41) is 13.9. The van der Waals surface area contributed by atoms with Gasteiger partial charge in [-0.3, -0.25) is 57.5 Å². The molecule has 0 bridgehead atoms. The van der Waals surface area contributed by atoms with Gasteiger partial charge in [-0.1, -0.05) is 102 Å². The average molecular weight is 1410 g/mol. The Labute approximate surface area is 591 Å². The Morgan fingerprint density at radius 2 is 0.919 bits per heavy atom. The van der Waals surface area contributed by atoms with Crippen molar-refractivity contribution in [1.82, 2.24) is 60.9 Å². The molecule has 5 N–H and O–H groups in total. The van der Waals surface area contributed by atoms with Crippen LogP contribution in [0.25, 0.3) is 0 Å². The molecule has 28 nitrogen and oxygen atoms in total. The number of carbonyl (C=O) groups is 13. The Morgan fingerprint density at radius 3 is 1.37 bits per heavy atom. The van der Waals surface area contributed by atoms with Crippen LogP contribution in [0.4, 0.5) is 0 Å². The number of methoxy groups -OCH3 is 1. The number of nitrogens with zero attached hydrogens (tertiary/aromatic N) is 7. The standard InChI is InChI=1S/C71H128N12O16/c1-29-31-32-46(14)60(99-51(19)85)59(64(89)75-52(30-2)71(96)98-36-34-77(21)50(18)84)83(27)70(95)57(44(11)12)81(25)68(93)55(39-42(7)8)80(24)67(92)54(38-41(5)6)79(23)66(91)49(17)74-61(86)47(15)73-62(87)53(37-40(3)4)78(22)69(94)56(43(9)10)76-63(88)58(45(13)33-35-97-28)82(26)65(90)48(16)72-20/h29,31,40-49,52-60,72H,30,32-39H2,1-28H3,(H,73,87)(H,74,86)(H,75,89)(H,76,88)/b31-29+/t45-,46-,47+,48-,49-,52+,53+,54+,55+,56+,57+,58+,59+,60-/m1/s1. The molecule has 99 heavy (non-hydrogen) atoms. The summed E-state index contributed by atoms with van der Waals surface area (Å²) in [6, 6.07) is -12.8. The fourth-order valence-electron chi connectivity index (χ4n) is 11.7. The van der Waals surface area contributed by atoms with Gasteiger partial charge >= 0.3 is 11.9 Å². The molecule has 0 fully saturated rings. The van der Waals surface area contributed by atoms with Crippen LogP contribution in [-0.2, 0) is 76.5 Å². The first kappa shape index (κ1) is 91.8. The van der Waals surface area contributed by atoms with Gasteiger partial charge in [0.25, 0.3) is 0 Å². The molecule has 0 spiro atoms. The lowest BCUT2D eigenvalue weighted by Crippen LogP contribution is -2.63. The van der Waals surface area contributed by atoms with Gasteiger partial charge in [-0.05, 0) is 115 Å². The van der Waals surface area contributed by atoms with Crippen LogP contribution in [-0.4, -0.2) is 267 Å². The average Bonchev–Trinajstić information content (AvgIpc) is 0.803. The first-order valence-corrected chi connectivity index (χ1v) is 35.0. The minimum atomic E-state index is -1.56. The number of rotatable bonds is 43. The summed E-state index contributed by atoms with van der Waals surface area (Å²) in [7, 11) is 13.3. The Balaban J connectivity index is 7.19. The topological polar surface area (TPSA) is 332 Å². The number of esters is 2. The number of hydrogen-bond acceptors (Lipinski definition) is 17. The maximum atomic E-state index is 15.3. The lowest BCUT2D eigenvalue weighted by atomic mass is 9.91. The summed E-state index contributed by atoms with van der Waals surface area (Å²) in [5.41, 5.74) is 0. The third-order valence-corrected chi connectivity index (χ3v) is 18.1. The van der Waals surface area contributed by atoms with Crippen LogP contribution in [0.2, 0.25) is 0 Å². The van der Waals surface area contributed by atoms with E-state index in [1.807, 2.05) is 54.5 Å². The molecule has 0 saturated carbocycles. The minimum absolute atomic E-state index is 0.0636. The highest BCUT2D eigenvalue weighted by molar-refractivity contribution is 5.99. The molecule has 11 amide bonds. The number of carbonyl (C=O) groups excluding carboxylic acids is 13. The van der Waals surface area contributed by atoms with E-state index in [1.165, 1.54) is 106 Å². The van der Waals surface area contributed by atoms with Crippen molar-refractivity contribution in [3.05, 3.63) is 12.2 Å². The second-order valence-electron chi connectivity index (χ2n) is 28.6. The summed E-state index contributed by atoms with van der Waals surface area (Å²) in [4.78, 5) is 192. The highest BCUT2D eigenvalue weighted by Crippen LogP contribution is 2.27. The van der Waals surface area contributed by atoms with E-state index in [0.717, 1.165) is 4.90 Å². The monoisotopic (exact) mass is 1400 g/mol. The lowest BCUT2D eigenvalue weighted by Gasteiger charge is -2.42. The van der Waals surface area contributed by atoms with E-state index < -0.39 is 155 Å². The van der Waals surface area contributed by atoms with Crippen molar-refractivity contribution < 1.29 is 76.5 Å². The van der Waals surface area contributed by atoms with Gasteiger partial charge in [-0.25, -0.2) is 4.79 Å². The number of nitrogens with one attached hydrogen (secondary N) is 5. The molecule has 0 aromatic carbocycles. The third kappa shape index (κ3) is 28.4. The normalized spacial score (nSPS) is 15.9. The van der Waals surface area contributed by atoms with Crippen LogP contribution in [0.3, 0.4) is 0 Å². The number of allylic oxidation sites excluding steroid dienone is 2. The zero-order valence-electron chi connectivity index (χ0n) is 65.2. The van der Waals surface area contributed by atoms with E-state index >= 15 is 14.4 Å². The van der Waals surface area contributed by atoms with Crippen molar-refractivity contribution in [3.63, 3.8) is 0 Å². The molecule has 0 saturated heterocycles. The van der Waals surface area contributed by atoms with Gasteiger partial charge in [0.1, 0.15) is 73.1 Å². The molecule has 568 valence electrons. The molecule has 0 aromatic rings. The van der Waals surface area contributed by atoms with Gasteiger partial charge in [0.2, 0.25) is 65.0 Å². The molecule has 0 heterocycles. The van der Waals surface area contributed by atoms with Gasteiger partial charge in [0.05, 0.1) is 12.6 Å². The number of amides is 11. The predicted octanol–water partition coefficient (Wildman–Crippen LogP) is 3.62. The summed E-state index contributed by atoms with van der Waals surface area (Å²) in [6.45, 7) is 32.4. The van der Waals surface area contributed by atoms with Gasteiger partial charge in [0, 0.05) is 76.9 Å². The van der Waals surface area contributed by atoms with Gasteiger partial charge in [-0.15, -0.1) is 0 Å².